The van der Waals surface area contributed by atoms with Crippen molar-refractivity contribution in [2.24, 2.45) is 7.05 Å². The quantitative estimate of drug-likeness (QED) is 0.565. The zero-order valence-corrected chi connectivity index (χ0v) is 13.7. The zero-order valence-electron chi connectivity index (χ0n) is 13.7. The molecule has 1 N–H and O–H groups in total. The Labute approximate surface area is 143 Å². The van der Waals surface area contributed by atoms with Crippen LogP contribution in [0.3, 0.4) is 0 Å². The maximum atomic E-state index is 12.2. The molecule has 25 heavy (non-hydrogen) atoms. The van der Waals surface area contributed by atoms with Crippen molar-refractivity contribution in [3.8, 4) is 0 Å². The van der Waals surface area contributed by atoms with Gasteiger partial charge < -0.3 is 5.32 Å². The van der Waals surface area contributed by atoms with Crippen molar-refractivity contribution in [1.82, 2.24) is 19.6 Å². The number of aryl methyl sites for hydroxylation is 2. The van der Waals surface area contributed by atoms with Gasteiger partial charge in [-0.1, -0.05) is 29.8 Å². The second-order valence-electron chi connectivity index (χ2n) is 5.66. The summed E-state index contributed by atoms with van der Waals surface area (Å²) >= 11 is 0. The van der Waals surface area contributed by atoms with Gasteiger partial charge in [0.05, 0.1) is 23.4 Å². The van der Waals surface area contributed by atoms with Gasteiger partial charge in [0.25, 0.3) is 5.91 Å². The molecule has 9 heteroatoms. The average molecular weight is 340 g/mol. The lowest BCUT2D eigenvalue weighted by Gasteiger charge is -2.03. The number of aromatic nitrogens is 4. The Morgan fingerprint density at radius 3 is 2.88 bits per heavy atom. The highest BCUT2D eigenvalue weighted by molar-refractivity contribution is 6.05. The molecule has 0 unspecified atom stereocenters. The van der Waals surface area contributed by atoms with Crippen LogP contribution in [-0.2, 0) is 13.6 Å². The number of nitrogens with zero attached hydrogens (tertiary/aromatic N) is 5. The van der Waals surface area contributed by atoms with Crippen molar-refractivity contribution in [2.75, 3.05) is 5.32 Å². The first-order chi connectivity index (χ1) is 11.9. The van der Waals surface area contributed by atoms with E-state index < -0.39 is 10.8 Å². The Hall–Kier alpha value is -3.49. The Morgan fingerprint density at radius 1 is 1.36 bits per heavy atom. The lowest BCUT2D eigenvalue weighted by Crippen LogP contribution is -2.14. The maximum Gasteiger partial charge on any atom is 0.320 e. The maximum absolute atomic E-state index is 12.2. The monoisotopic (exact) mass is 340 g/mol. The first kappa shape index (κ1) is 16.4. The third-order valence-electron chi connectivity index (χ3n) is 3.54. The fourth-order valence-electron chi connectivity index (χ4n) is 2.47. The molecule has 0 fully saturated rings. The van der Waals surface area contributed by atoms with E-state index in [1.807, 2.05) is 25.1 Å². The highest BCUT2D eigenvalue weighted by atomic mass is 16.6. The van der Waals surface area contributed by atoms with Gasteiger partial charge in [0.15, 0.2) is 0 Å². The molecule has 0 aliphatic heterocycles. The van der Waals surface area contributed by atoms with E-state index in [-0.39, 0.29) is 11.4 Å². The van der Waals surface area contributed by atoms with Gasteiger partial charge in [-0.05, 0) is 12.5 Å². The molecule has 3 aromatic rings. The van der Waals surface area contributed by atoms with Gasteiger partial charge in [-0.2, -0.15) is 10.2 Å². The van der Waals surface area contributed by atoms with Crippen LogP contribution in [-0.4, -0.2) is 30.4 Å². The molecule has 0 saturated heterocycles. The minimum absolute atomic E-state index is 0.237. The van der Waals surface area contributed by atoms with E-state index in [2.05, 4.69) is 21.6 Å². The summed E-state index contributed by atoms with van der Waals surface area (Å²) in [5.74, 6) is -0.651. The van der Waals surface area contributed by atoms with Crippen LogP contribution >= 0.6 is 0 Å². The van der Waals surface area contributed by atoms with Crippen molar-refractivity contribution in [3.05, 3.63) is 69.8 Å². The second-order valence-corrected chi connectivity index (χ2v) is 5.66. The van der Waals surface area contributed by atoms with Crippen LogP contribution in [0.2, 0.25) is 0 Å². The number of anilines is 1. The summed E-state index contributed by atoms with van der Waals surface area (Å²) in [6, 6.07) is 8.02. The van der Waals surface area contributed by atoms with Gasteiger partial charge in [0.1, 0.15) is 6.20 Å². The fourth-order valence-corrected chi connectivity index (χ4v) is 2.47. The summed E-state index contributed by atoms with van der Waals surface area (Å²) in [7, 11) is 1.52. The Morgan fingerprint density at radius 2 is 2.16 bits per heavy atom. The lowest BCUT2D eigenvalue weighted by atomic mass is 10.1. The lowest BCUT2D eigenvalue weighted by molar-refractivity contribution is -0.385. The molecule has 0 saturated carbocycles. The highest BCUT2D eigenvalue weighted by Crippen LogP contribution is 2.18. The molecule has 2 heterocycles. The van der Waals surface area contributed by atoms with Crippen LogP contribution in [0.4, 0.5) is 11.4 Å². The van der Waals surface area contributed by atoms with Crippen LogP contribution in [0.5, 0.6) is 0 Å². The standard InChI is InChI=1S/C16H16N6O3/c1-11-4-3-5-12(6-11)8-21-9-13(7-17-21)18-16(23)15-14(22(24)25)10-20(2)19-15/h3-7,9-10H,8H2,1-2H3,(H,18,23). The second kappa shape index (κ2) is 6.56. The SMILES string of the molecule is Cc1cccc(Cn2cc(NC(=O)c3nn(C)cc3[N+](=O)[O-])cn2)c1. The molecule has 128 valence electrons. The normalized spacial score (nSPS) is 10.6. The van der Waals surface area contributed by atoms with E-state index >= 15 is 0 Å². The molecule has 1 aromatic carbocycles. The number of carbonyl (C=O) groups excluding carboxylic acids is 1. The number of nitro groups is 1. The topological polar surface area (TPSA) is 108 Å². The van der Waals surface area contributed by atoms with E-state index in [9.17, 15) is 14.9 Å². The number of benzene rings is 1. The van der Waals surface area contributed by atoms with Crippen molar-refractivity contribution in [1.29, 1.82) is 0 Å². The van der Waals surface area contributed by atoms with Crippen LogP contribution in [0.1, 0.15) is 21.6 Å². The Balaban J connectivity index is 1.73. The average Bonchev–Trinajstić information content (AvgIpc) is 3.14. The van der Waals surface area contributed by atoms with E-state index in [0.29, 0.717) is 12.2 Å². The van der Waals surface area contributed by atoms with Crippen molar-refractivity contribution < 1.29 is 9.72 Å². The summed E-state index contributed by atoms with van der Waals surface area (Å²) < 4.78 is 2.91. The number of nitrogens with one attached hydrogen (secondary N) is 1. The fraction of sp³-hybridized carbons (Fsp3) is 0.188. The van der Waals surface area contributed by atoms with Crippen molar-refractivity contribution >= 4 is 17.3 Å². The van der Waals surface area contributed by atoms with Crippen LogP contribution in [0.15, 0.2) is 42.9 Å². The largest absolute Gasteiger partial charge is 0.320 e. The van der Waals surface area contributed by atoms with Crippen LogP contribution in [0, 0.1) is 17.0 Å². The summed E-state index contributed by atoms with van der Waals surface area (Å²) in [4.78, 5) is 22.6. The first-order valence-electron chi connectivity index (χ1n) is 7.50. The van der Waals surface area contributed by atoms with Crippen LogP contribution < -0.4 is 5.32 Å². The van der Waals surface area contributed by atoms with Crippen LogP contribution in [0.25, 0.3) is 0 Å². The smallest absolute Gasteiger partial charge is 0.318 e. The predicted molar refractivity (Wildman–Crippen MR) is 90.3 cm³/mol. The van der Waals surface area contributed by atoms with Gasteiger partial charge in [-0.3, -0.25) is 24.3 Å². The van der Waals surface area contributed by atoms with E-state index in [4.69, 9.17) is 0 Å². The molecule has 0 aliphatic rings. The molecule has 0 radical (unpaired) electrons. The van der Waals surface area contributed by atoms with Crippen molar-refractivity contribution in [3.63, 3.8) is 0 Å². The van der Waals surface area contributed by atoms with Crippen molar-refractivity contribution in [2.45, 2.75) is 13.5 Å². The molecule has 1 amide bonds. The minimum Gasteiger partial charge on any atom is -0.318 e. The molecule has 9 nitrogen and oxygen atoms in total. The zero-order chi connectivity index (χ0) is 18.0. The van der Waals surface area contributed by atoms with E-state index in [1.165, 1.54) is 24.1 Å². The van der Waals surface area contributed by atoms with Gasteiger partial charge in [-0.15, -0.1) is 0 Å². The van der Waals surface area contributed by atoms with E-state index in [1.54, 1.807) is 10.9 Å². The first-order valence-corrected chi connectivity index (χ1v) is 7.50. The highest BCUT2D eigenvalue weighted by Gasteiger charge is 2.25. The van der Waals surface area contributed by atoms with E-state index in [0.717, 1.165) is 11.1 Å². The number of rotatable bonds is 5. The molecule has 0 bridgehead atoms. The molecule has 0 aliphatic carbocycles. The Kier molecular flexibility index (Phi) is 4.29. The summed E-state index contributed by atoms with van der Waals surface area (Å²) in [5.41, 5.74) is 2.10. The molecule has 0 spiro atoms. The molecular formula is C16H16N6O3. The summed E-state index contributed by atoms with van der Waals surface area (Å²) in [6.07, 6.45) is 4.34. The predicted octanol–water partition coefficient (Wildman–Crippen LogP) is 2.13. The number of amides is 1. The summed E-state index contributed by atoms with van der Waals surface area (Å²) in [5, 5.41) is 21.6. The minimum atomic E-state index is -0.651. The van der Waals surface area contributed by atoms with Gasteiger partial charge in [0.2, 0.25) is 5.69 Å². The van der Waals surface area contributed by atoms with Gasteiger partial charge in [0, 0.05) is 13.2 Å². The van der Waals surface area contributed by atoms with Gasteiger partial charge in [-0.25, -0.2) is 0 Å². The third-order valence-corrected chi connectivity index (χ3v) is 3.54. The Bertz CT molecular complexity index is 943. The number of carbonyl (C=O) groups is 1. The number of hydrogen-bond donors (Lipinski definition) is 1. The summed E-state index contributed by atoms with van der Waals surface area (Å²) in [6.45, 7) is 2.57. The van der Waals surface area contributed by atoms with Gasteiger partial charge >= 0.3 is 5.69 Å². The molecule has 3 rings (SSSR count). The number of hydrogen-bond acceptors (Lipinski definition) is 5. The molecular weight excluding hydrogens is 324 g/mol. The molecule has 0 atom stereocenters. The third kappa shape index (κ3) is 3.71. The molecule has 2 aromatic heterocycles.